The van der Waals surface area contributed by atoms with Crippen molar-refractivity contribution in [1.82, 2.24) is 14.9 Å². The summed E-state index contributed by atoms with van der Waals surface area (Å²) in [5, 5.41) is 2.15. The van der Waals surface area contributed by atoms with Gasteiger partial charge in [-0.1, -0.05) is 35.0 Å². The lowest BCUT2D eigenvalue weighted by molar-refractivity contribution is -0.686. The van der Waals surface area contributed by atoms with E-state index in [4.69, 9.17) is 0 Å². The third-order valence-electron chi connectivity index (χ3n) is 4.78. The van der Waals surface area contributed by atoms with Gasteiger partial charge in [-0.15, -0.1) is 0 Å². The first-order valence-electron chi connectivity index (χ1n) is 9.06. The van der Waals surface area contributed by atoms with Crippen LogP contribution in [0.25, 0.3) is 0 Å². The molecular weight excluding hydrogens is 394 g/mol. The first-order chi connectivity index (χ1) is 12.7. The van der Waals surface area contributed by atoms with Gasteiger partial charge in [0, 0.05) is 55.0 Å². The van der Waals surface area contributed by atoms with Crippen LogP contribution < -0.4 is 10.2 Å². The molecule has 0 radical (unpaired) electrons. The zero-order valence-electron chi connectivity index (χ0n) is 15.0. The Labute approximate surface area is 162 Å². The molecule has 0 unspecified atom stereocenters. The van der Waals surface area contributed by atoms with Gasteiger partial charge < -0.3 is 15.1 Å². The molecule has 1 aliphatic heterocycles. The smallest absolute Gasteiger partial charge is 0.277 e. The van der Waals surface area contributed by atoms with E-state index in [1.807, 2.05) is 11.0 Å². The first kappa shape index (κ1) is 18.8. The van der Waals surface area contributed by atoms with E-state index in [-0.39, 0.29) is 5.91 Å². The maximum atomic E-state index is 12.6. The summed E-state index contributed by atoms with van der Waals surface area (Å²) in [4.78, 5) is 25.2. The van der Waals surface area contributed by atoms with Crippen molar-refractivity contribution >= 4 is 27.8 Å². The predicted molar refractivity (Wildman–Crippen MR) is 105 cm³/mol. The number of rotatable bonds is 6. The van der Waals surface area contributed by atoms with Gasteiger partial charge in [0.2, 0.25) is 5.95 Å². The fourth-order valence-corrected chi connectivity index (χ4v) is 3.50. The number of carbonyl (C=O) groups is 1. The Balaban J connectivity index is 1.48. The Morgan fingerprint density at radius 3 is 2.42 bits per heavy atom. The van der Waals surface area contributed by atoms with Crippen molar-refractivity contribution in [1.29, 1.82) is 0 Å². The average molecular weight is 419 g/mol. The van der Waals surface area contributed by atoms with E-state index < -0.39 is 0 Å². The van der Waals surface area contributed by atoms with Gasteiger partial charge in [-0.05, 0) is 18.2 Å². The van der Waals surface area contributed by atoms with Crippen LogP contribution in [0.1, 0.15) is 24.9 Å². The maximum absolute atomic E-state index is 12.6. The zero-order chi connectivity index (χ0) is 18.4. The van der Waals surface area contributed by atoms with Crippen LogP contribution in [0.15, 0.2) is 47.2 Å². The lowest BCUT2D eigenvalue weighted by Gasteiger charge is -2.34. The molecule has 26 heavy (non-hydrogen) atoms. The summed E-state index contributed by atoms with van der Waals surface area (Å²) in [6.07, 6.45) is 4.50. The molecule has 6 nitrogen and oxygen atoms in total. The number of hydrogen-bond acceptors (Lipinski definition) is 4. The van der Waals surface area contributed by atoms with Crippen molar-refractivity contribution in [3.63, 3.8) is 0 Å². The lowest BCUT2D eigenvalue weighted by Crippen LogP contribution is -2.87. The van der Waals surface area contributed by atoms with Crippen molar-refractivity contribution in [3.05, 3.63) is 52.8 Å². The molecule has 2 N–H and O–H groups in total. The fourth-order valence-electron chi connectivity index (χ4n) is 3.23. The minimum absolute atomic E-state index is 0.203. The van der Waals surface area contributed by atoms with E-state index in [1.165, 1.54) is 5.56 Å². The van der Waals surface area contributed by atoms with Crippen molar-refractivity contribution in [2.75, 3.05) is 37.6 Å². The number of piperazine rings is 1. The molecule has 1 saturated heterocycles. The molecule has 1 fully saturated rings. The van der Waals surface area contributed by atoms with Gasteiger partial charge in [-0.25, -0.2) is 9.97 Å². The molecule has 7 heteroatoms. The van der Waals surface area contributed by atoms with Crippen LogP contribution >= 0.6 is 15.9 Å². The molecule has 0 spiro atoms. The highest BCUT2D eigenvalue weighted by Gasteiger charge is 2.24. The minimum Gasteiger partial charge on any atom is -0.337 e. The summed E-state index contributed by atoms with van der Waals surface area (Å²) in [7, 11) is 0. The number of anilines is 1. The molecule has 1 amide bonds. The van der Waals surface area contributed by atoms with Crippen molar-refractivity contribution in [3.8, 4) is 0 Å². The summed E-state index contributed by atoms with van der Waals surface area (Å²) in [6.45, 7) is 5.64. The number of halogens is 1. The van der Waals surface area contributed by atoms with E-state index >= 15 is 0 Å². The Morgan fingerprint density at radius 2 is 1.81 bits per heavy atom. The SMILES string of the molecule is CC[C@H]([NH2+]CC(=O)N1CCN(c2ncccn2)CC1)c1ccc(Br)cc1. The molecule has 1 aromatic carbocycles. The van der Waals surface area contributed by atoms with Gasteiger partial charge in [0.05, 0.1) is 0 Å². The summed E-state index contributed by atoms with van der Waals surface area (Å²) in [5.74, 6) is 0.946. The molecule has 0 aliphatic carbocycles. The quantitative estimate of drug-likeness (QED) is 0.773. The summed E-state index contributed by atoms with van der Waals surface area (Å²) in [5.41, 5.74) is 1.26. The van der Waals surface area contributed by atoms with Crippen LogP contribution in [0.4, 0.5) is 5.95 Å². The summed E-state index contributed by atoms with van der Waals surface area (Å²) >= 11 is 3.47. The minimum atomic E-state index is 0.203. The van der Waals surface area contributed by atoms with Gasteiger partial charge in [-0.2, -0.15) is 0 Å². The van der Waals surface area contributed by atoms with Crippen LogP contribution in [0.2, 0.25) is 0 Å². The first-order valence-corrected chi connectivity index (χ1v) is 9.85. The van der Waals surface area contributed by atoms with E-state index in [9.17, 15) is 4.79 Å². The number of quaternary nitrogens is 1. The number of benzene rings is 1. The standard InChI is InChI=1S/C19H24BrN5O/c1-2-17(15-4-6-16(20)7-5-15)23-14-18(26)24-10-12-25(13-11-24)19-21-8-3-9-22-19/h3-9,17,23H,2,10-14H2,1H3/p+1/t17-/m0/s1. The second-order valence-electron chi connectivity index (χ2n) is 6.42. The Hall–Kier alpha value is -1.99. The van der Waals surface area contributed by atoms with Crippen LogP contribution in [0, 0.1) is 0 Å². The third-order valence-corrected chi connectivity index (χ3v) is 5.31. The molecule has 3 rings (SSSR count). The van der Waals surface area contributed by atoms with Crippen LogP contribution in [-0.4, -0.2) is 53.5 Å². The fraction of sp³-hybridized carbons (Fsp3) is 0.421. The highest BCUT2D eigenvalue weighted by Crippen LogP contribution is 2.16. The van der Waals surface area contributed by atoms with E-state index in [1.54, 1.807) is 12.4 Å². The molecule has 2 heterocycles. The number of nitrogens with zero attached hydrogens (tertiary/aromatic N) is 4. The second kappa shape index (κ2) is 9.09. The van der Waals surface area contributed by atoms with Gasteiger partial charge in [-0.3, -0.25) is 4.79 Å². The predicted octanol–water partition coefficient (Wildman–Crippen LogP) is 1.60. The number of aromatic nitrogens is 2. The molecule has 1 atom stereocenters. The zero-order valence-corrected chi connectivity index (χ0v) is 16.6. The molecule has 0 bridgehead atoms. The Kier molecular flexibility index (Phi) is 6.57. The molecule has 1 aliphatic rings. The van der Waals surface area contributed by atoms with Crippen molar-refractivity contribution in [2.24, 2.45) is 0 Å². The highest BCUT2D eigenvalue weighted by atomic mass is 79.9. The van der Waals surface area contributed by atoms with Gasteiger partial charge in [0.1, 0.15) is 6.04 Å². The molecule has 2 aromatic rings. The van der Waals surface area contributed by atoms with E-state index in [0.29, 0.717) is 12.6 Å². The number of hydrogen-bond donors (Lipinski definition) is 1. The Bertz CT molecular complexity index is 702. The third kappa shape index (κ3) is 4.80. The van der Waals surface area contributed by atoms with E-state index in [0.717, 1.165) is 43.0 Å². The highest BCUT2D eigenvalue weighted by molar-refractivity contribution is 9.10. The van der Waals surface area contributed by atoms with Gasteiger partial charge in [0.15, 0.2) is 6.54 Å². The molecule has 0 saturated carbocycles. The summed E-state index contributed by atoms with van der Waals surface area (Å²) in [6, 6.07) is 10.5. The summed E-state index contributed by atoms with van der Waals surface area (Å²) < 4.78 is 1.08. The average Bonchev–Trinajstić information content (AvgIpc) is 2.70. The van der Waals surface area contributed by atoms with Crippen molar-refractivity contribution < 1.29 is 10.1 Å². The number of amides is 1. The maximum Gasteiger partial charge on any atom is 0.277 e. The van der Waals surface area contributed by atoms with Crippen LogP contribution in [0.5, 0.6) is 0 Å². The van der Waals surface area contributed by atoms with Crippen LogP contribution in [0.3, 0.4) is 0 Å². The van der Waals surface area contributed by atoms with Crippen LogP contribution in [-0.2, 0) is 4.79 Å². The number of carbonyl (C=O) groups excluding carboxylic acids is 1. The second-order valence-corrected chi connectivity index (χ2v) is 7.34. The van der Waals surface area contributed by atoms with Gasteiger partial charge in [0.25, 0.3) is 5.91 Å². The largest absolute Gasteiger partial charge is 0.337 e. The van der Waals surface area contributed by atoms with E-state index in [2.05, 4.69) is 67.3 Å². The Morgan fingerprint density at radius 1 is 1.15 bits per heavy atom. The van der Waals surface area contributed by atoms with Gasteiger partial charge >= 0.3 is 0 Å². The number of nitrogens with two attached hydrogens (primary N) is 1. The topological polar surface area (TPSA) is 65.9 Å². The molecule has 1 aromatic heterocycles. The van der Waals surface area contributed by atoms with Crippen molar-refractivity contribution in [2.45, 2.75) is 19.4 Å². The molecular formula is C19H25BrN5O+. The monoisotopic (exact) mass is 418 g/mol. The lowest BCUT2D eigenvalue weighted by atomic mass is 10.0. The molecule has 138 valence electrons. The normalized spacial score (nSPS) is 15.8.